The summed E-state index contributed by atoms with van der Waals surface area (Å²) >= 11 is 0. The van der Waals surface area contributed by atoms with Crippen LogP contribution in [0.5, 0.6) is 0 Å². The Hall–Kier alpha value is -1.29. The number of carbonyl (C=O) groups excluding carboxylic acids is 1. The first-order chi connectivity index (χ1) is 25.4. The highest BCUT2D eigenvalue weighted by molar-refractivity contribution is 5.79. The molecule has 10 heterocycles. The number of fused-ring (bicyclic) bond motifs is 6. The fourth-order valence-corrected chi connectivity index (χ4v) is 11.7. The lowest BCUT2D eigenvalue weighted by Gasteiger charge is -2.47. The number of carbonyl (C=O) groups is 1. The maximum atomic E-state index is 14.1. The van der Waals surface area contributed by atoms with E-state index in [-0.39, 0.29) is 116 Å². The molecule has 12 bridgehead atoms. The molecule has 0 radical (unpaired) electrons. The van der Waals surface area contributed by atoms with Gasteiger partial charge in [-0.05, 0) is 68.9 Å². The van der Waals surface area contributed by atoms with E-state index < -0.39 is 23.6 Å². The number of hydrogen-bond acceptors (Lipinski definition) is 12. The fourth-order valence-electron chi connectivity index (χ4n) is 11.7. The number of aliphatic hydroxyl groups is 1. The Morgan fingerprint density at radius 1 is 0.849 bits per heavy atom. The summed E-state index contributed by atoms with van der Waals surface area (Å²) in [5.41, 5.74) is 7.51. The second kappa shape index (κ2) is 14.3. The Kier molecular flexibility index (Phi) is 10.0. The van der Waals surface area contributed by atoms with E-state index in [4.69, 9.17) is 48.4 Å². The second-order valence-electron chi connectivity index (χ2n) is 18.1. The lowest BCUT2D eigenvalue weighted by Crippen LogP contribution is -2.61. The molecule has 0 aromatic heterocycles. The Bertz CT molecular complexity index is 1430. The van der Waals surface area contributed by atoms with Gasteiger partial charge >= 0.3 is 0 Å². The standard InChI is InChI=1S/C41H61NO11/c1-20-12-25-6-8-29-21(2)13-27(46-29)10-11-41-19-40(4)39(53-41)38-37(51-40)36(52-41)35-30(50-38)9-7-26(48-35)14-23(43)15-28-32(17-31(47-25)22(20)3)49-33(34(28)45-5)16-24(44)18-42/h20,24-39,44H,2-3,6-19,42H2,1,4-5H3/t20-,24+,25+,26-,27+,28?,29?,30?,31?,32+,33-,34-,35?,36+,37+,38-,39?,40-,41-/m1/s1. The van der Waals surface area contributed by atoms with Gasteiger partial charge in [0.1, 0.15) is 41.9 Å². The summed E-state index contributed by atoms with van der Waals surface area (Å²) in [5, 5.41) is 10.5. The molecule has 19 atom stereocenters. The van der Waals surface area contributed by atoms with Crippen LogP contribution in [0.15, 0.2) is 24.3 Å². The van der Waals surface area contributed by atoms with Crippen molar-refractivity contribution >= 4 is 5.78 Å². The Labute approximate surface area is 313 Å². The van der Waals surface area contributed by atoms with Crippen LogP contribution in [0.2, 0.25) is 0 Å². The minimum absolute atomic E-state index is 0.0227. The maximum absolute atomic E-state index is 14.1. The third-order valence-corrected chi connectivity index (χ3v) is 14.4. The number of Topliss-reactive ketones (excluding diaryl/α,β-unsaturated/α-hetero) is 1. The minimum atomic E-state index is -0.818. The van der Waals surface area contributed by atoms with E-state index in [1.54, 1.807) is 7.11 Å². The van der Waals surface area contributed by atoms with Crippen LogP contribution in [0, 0.1) is 11.8 Å². The van der Waals surface area contributed by atoms with Crippen LogP contribution >= 0.6 is 0 Å². The Balaban J connectivity index is 1.00. The van der Waals surface area contributed by atoms with Crippen LogP contribution in [0.1, 0.15) is 97.3 Å². The van der Waals surface area contributed by atoms with Gasteiger partial charge in [0.05, 0.1) is 61.0 Å². The van der Waals surface area contributed by atoms with E-state index in [9.17, 15) is 9.90 Å². The molecule has 0 aliphatic carbocycles. The topological polar surface area (TPSA) is 146 Å². The molecular formula is C41H61NO11. The highest BCUT2D eigenvalue weighted by Gasteiger charge is 2.73. The summed E-state index contributed by atoms with van der Waals surface area (Å²) in [6.07, 6.45) is 4.60. The first-order valence-corrected chi connectivity index (χ1v) is 20.5. The molecule has 0 saturated carbocycles. The van der Waals surface area contributed by atoms with Gasteiger partial charge in [0.25, 0.3) is 0 Å². The van der Waals surface area contributed by atoms with Crippen LogP contribution in [-0.4, -0.2) is 127 Å². The molecule has 10 aliphatic rings. The number of aliphatic hydroxyl groups excluding tert-OH is 1. The number of hydrogen-bond donors (Lipinski definition) is 2. The predicted octanol–water partition coefficient (Wildman–Crippen LogP) is 3.83. The molecule has 0 aromatic rings. The van der Waals surface area contributed by atoms with Crippen molar-refractivity contribution < 1.29 is 52.5 Å². The van der Waals surface area contributed by atoms with Gasteiger partial charge in [-0.2, -0.15) is 0 Å². The van der Waals surface area contributed by atoms with E-state index in [1.165, 1.54) is 0 Å². The van der Waals surface area contributed by atoms with Crippen molar-refractivity contribution in [1.82, 2.24) is 0 Å². The summed E-state index contributed by atoms with van der Waals surface area (Å²) in [5.74, 6) is -0.666. The molecule has 10 fully saturated rings. The number of ether oxygens (including phenoxy) is 9. The highest BCUT2D eigenvalue weighted by Crippen LogP contribution is 2.58. The van der Waals surface area contributed by atoms with Crippen molar-refractivity contribution in [3.05, 3.63) is 24.3 Å². The maximum Gasteiger partial charge on any atom is 0.172 e. The molecule has 10 rings (SSSR count). The molecule has 0 aromatic carbocycles. The van der Waals surface area contributed by atoms with Gasteiger partial charge in [-0.1, -0.05) is 20.1 Å². The van der Waals surface area contributed by atoms with E-state index in [0.29, 0.717) is 32.1 Å². The molecule has 10 aliphatic heterocycles. The monoisotopic (exact) mass is 743 g/mol. The Morgan fingerprint density at radius 3 is 2.43 bits per heavy atom. The van der Waals surface area contributed by atoms with Crippen LogP contribution < -0.4 is 5.73 Å². The quantitative estimate of drug-likeness (QED) is 0.404. The zero-order valence-electron chi connectivity index (χ0n) is 31.7. The molecule has 10 saturated heterocycles. The molecule has 3 N–H and O–H groups in total. The molecule has 12 heteroatoms. The third-order valence-electron chi connectivity index (χ3n) is 14.4. The fraction of sp³-hybridized carbons (Fsp3) is 0.878. The molecule has 1 spiro atoms. The average molecular weight is 744 g/mol. The van der Waals surface area contributed by atoms with Gasteiger partial charge in [-0.15, -0.1) is 0 Å². The largest absolute Gasteiger partial charge is 0.392 e. The minimum Gasteiger partial charge on any atom is -0.392 e. The van der Waals surface area contributed by atoms with Crippen LogP contribution in [0.4, 0.5) is 0 Å². The second-order valence-corrected chi connectivity index (χ2v) is 18.1. The molecule has 296 valence electrons. The van der Waals surface area contributed by atoms with Gasteiger partial charge in [-0.3, -0.25) is 4.79 Å². The first-order valence-electron chi connectivity index (χ1n) is 20.5. The number of nitrogens with two attached hydrogens (primary N) is 1. The molecule has 6 unspecified atom stereocenters. The third kappa shape index (κ3) is 6.73. The number of methoxy groups -OCH3 is 1. The summed E-state index contributed by atoms with van der Waals surface area (Å²) in [4.78, 5) is 14.1. The smallest absolute Gasteiger partial charge is 0.172 e. The number of rotatable bonds is 4. The van der Waals surface area contributed by atoms with Gasteiger partial charge in [0.2, 0.25) is 0 Å². The van der Waals surface area contributed by atoms with Crippen LogP contribution in [-0.2, 0) is 47.4 Å². The summed E-state index contributed by atoms with van der Waals surface area (Å²) in [6.45, 7) is 13.4. The lowest BCUT2D eigenvalue weighted by molar-refractivity contribution is -0.294. The van der Waals surface area contributed by atoms with Gasteiger partial charge in [0.15, 0.2) is 5.79 Å². The van der Waals surface area contributed by atoms with Crippen molar-refractivity contribution in [2.45, 2.75) is 200 Å². The van der Waals surface area contributed by atoms with Crippen molar-refractivity contribution in [1.29, 1.82) is 0 Å². The normalized spacial score (nSPS) is 53.0. The zero-order chi connectivity index (χ0) is 36.8. The highest BCUT2D eigenvalue weighted by atomic mass is 16.8. The first kappa shape index (κ1) is 37.3. The van der Waals surface area contributed by atoms with Crippen LogP contribution in [0.3, 0.4) is 0 Å². The SMILES string of the molecule is C=C1C[C@@H]2CC[C@@]34C[C@@]5(C)O[C@H]6[C@@H](O3)C3O[C@H](CCC3O[C@H]6C5O4)CC(=O)CC3[C@H](CC4O[C@@H](CCC1O2)C[C@@H](C)C4=C)O[C@H](C[C@H](O)CN)[C@@H]3OC. The zero-order valence-corrected chi connectivity index (χ0v) is 31.7. The van der Waals surface area contributed by atoms with E-state index >= 15 is 0 Å². The molecular weight excluding hydrogens is 682 g/mol. The average Bonchev–Trinajstić information content (AvgIpc) is 3.76. The predicted molar refractivity (Wildman–Crippen MR) is 191 cm³/mol. The van der Waals surface area contributed by atoms with Crippen molar-refractivity contribution in [3.8, 4) is 0 Å². The van der Waals surface area contributed by atoms with Crippen molar-refractivity contribution in [3.63, 3.8) is 0 Å². The van der Waals surface area contributed by atoms with Crippen molar-refractivity contribution in [2.75, 3.05) is 13.7 Å². The molecule has 0 amide bonds. The molecule has 12 nitrogen and oxygen atoms in total. The van der Waals surface area contributed by atoms with E-state index in [0.717, 1.165) is 49.7 Å². The lowest BCUT2D eigenvalue weighted by atomic mass is 9.81. The number of ketones is 1. The van der Waals surface area contributed by atoms with E-state index in [2.05, 4.69) is 27.0 Å². The summed E-state index contributed by atoms with van der Waals surface area (Å²) in [6, 6.07) is 0. The Morgan fingerprint density at radius 2 is 1.62 bits per heavy atom. The van der Waals surface area contributed by atoms with Crippen LogP contribution in [0.25, 0.3) is 0 Å². The summed E-state index contributed by atoms with van der Waals surface area (Å²) < 4.78 is 60.5. The van der Waals surface area contributed by atoms with Gasteiger partial charge < -0.3 is 53.5 Å². The van der Waals surface area contributed by atoms with Crippen molar-refractivity contribution in [2.24, 2.45) is 17.6 Å². The van der Waals surface area contributed by atoms with Gasteiger partial charge in [0, 0.05) is 58.1 Å². The summed E-state index contributed by atoms with van der Waals surface area (Å²) in [7, 11) is 1.66. The molecule has 53 heavy (non-hydrogen) atoms. The van der Waals surface area contributed by atoms with Gasteiger partial charge in [-0.25, -0.2) is 0 Å². The van der Waals surface area contributed by atoms with E-state index in [1.807, 2.05) is 0 Å².